The van der Waals surface area contributed by atoms with Gasteiger partial charge in [-0.1, -0.05) is 31.7 Å². The van der Waals surface area contributed by atoms with E-state index in [1.54, 1.807) is 25.3 Å². The maximum atomic E-state index is 15.0. The number of anilines is 2. The minimum absolute atomic E-state index is 0. The largest absolute Gasteiger partial charge is 0.460 e. The van der Waals surface area contributed by atoms with E-state index < -0.39 is 5.97 Å². The number of halogens is 1. The predicted octanol–water partition coefficient (Wildman–Crippen LogP) is 3.30. The van der Waals surface area contributed by atoms with E-state index in [1.807, 2.05) is 4.90 Å². The number of carbonyl (C=O) groups is 1. The highest BCUT2D eigenvalue weighted by atomic mass is 19.1. The minimum Gasteiger partial charge on any atom is -0.460 e. The Balaban J connectivity index is 0.00000341. The monoisotopic (exact) mass is 430 g/mol. The minimum atomic E-state index is -0.641. The molecule has 0 aromatic heterocycles. The number of amidine groups is 1. The maximum Gasteiger partial charge on any atom is 0.313 e. The van der Waals surface area contributed by atoms with Crippen molar-refractivity contribution in [2.24, 2.45) is 5.73 Å². The van der Waals surface area contributed by atoms with Crippen molar-refractivity contribution >= 4 is 23.2 Å². The molecule has 31 heavy (non-hydrogen) atoms. The number of benzene rings is 2. The molecule has 0 aliphatic carbocycles. The first-order chi connectivity index (χ1) is 14.5. The van der Waals surface area contributed by atoms with Crippen LogP contribution in [0.15, 0.2) is 42.5 Å². The Hall–Kier alpha value is -3.13. The molecule has 0 radical (unpaired) electrons. The second-order valence-electron chi connectivity index (χ2n) is 7.19. The molecule has 1 aliphatic rings. The van der Waals surface area contributed by atoms with Crippen LogP contribution >= 0.6 is 0 Å². The molecule has 3 N–H and O–H groups in total. The first kappa shape index (κ1) is 24.1. The fourth-order valence-corrected chi connectivity index (χ4v) is 3.46. The molecule has 1 heterocycles. The SMILES string of the molecule is C.COCc1ccc(N2CCN(c3cccc(COC(=O)CC(=N)N)c3F)CC2)cc1. The zero-order chi connectivity index (χ0) is 21.5. The Kier molecular flexibility index (Phi) is 8.81. The molecule has 0 spiro atoms. The van der Waals surface area contributed by atoms with Gasteiger partial charge in [0, 0.05) is 44.5 Å². The van der Waals surface area contributed by atoms with Gasteiger partial charge >= 0.3 is 5.97 Å². The summed E-state index contributed by atoms with van der Waals surface area (Å²) in [6.45, 7) is 3.34. The van der Waals surface area contributed by atoms with Gasteiger partial charge < -0.3 is 25.0 Å². The van der Waals surface area contributed by atoms with Gasteiger partial charge in [-0.3, -0.25) is 10.2 Å². The highest BCUT2D eigenvalue weighted by Gasteiger charge is 2.21. The molecule has 1 saturated heterocycles. The van der Waals surface area contributed by atoms with Crippen LogP contribution in [0.4, 0.5) is 15.8 Å². The molecule has 0 bridgehead atoms. The molecule has 0 saturated carbocycles. The smallest absolute Gasteiger partial charge is 0.313 e. The molecule has 2 aromatic carbocycles. The number of hydrogen-bond donors (Lipinski definition) is 2. The Morgan fingerprint density at radius 2 is 1.71 bits per heavy atom. The number of nitrogens with one attached hydrogen (secondary N) is 1. The van der Waals surface area contributed by atoms with Gasteiger partial charge in [0.15, 0.2) is 5.82 Å². The summed E-state index contributed by atoms with van der Waals surface area (Å²) in [7, 11) is 1.68. The number of nitrogens with zero attached hydrogens (tertiary/aromatic N) is 2. The van der Waals surface area contributed by atoms with Gasteiger partial charge in [-0.25, -0.2) is 4.39 Å². The lowest BCUT2D eigenvalue weighted by Crippen LogP contribution is -2.46. The highest BCUT2D eigenvalue weighted by Crippen LogP contribution is 2.26. The molecule has 8 heteroatoms. The lowest BCUT2D eigenvalue weighted by molar-refractivity contribution is -0.143. The van der Waals surface area contributed by atoms with E-state index in [-0.39, 0.29) is 32.1 Å². The number of hydrogen-bond acceptors (Lipinski definition) is 6. The van der Waals surface area contributed by atoms with Crippen LogP contribution in [0.25, 0.3) is 0 Å². The van der Waals surface area contributed by atoms with Crippen molar-refractivity contribution in [3.8, 4) is 0 Å². The van der Waals surface area contributed by atoms with Gasteiger partial charge in [0.05, 0.1) is 12.3 Å². The summed E-state index contributed by atoms with van der Waals surface area (Å²) in [6, 6.07) is 13.4. The lowest BCUT2D eigenvalue weighted by atomic mass is 10.1. The average molecular weight is 431 g/mol. The first-order valence-electron chi connectivity index (χ1n) is 9.81. The maximum absolute atomic E-state index is 15.0. The standard InChI is InChI=1S/C22H27FN4O3.CH4/c1-29-14-16-5-7-18(8-6-16)26-9-11-27(12-10-26)19-4-2-3-17(22(19)23)15-30-21(28)13-20(24)25;/h2-8H,9-15H2,1H3,(H3,24,25);1H4. The number of methoxy groups -OCH3 is 1. The molecule has 0 unspecified atom stereocenters. The number of nitrogens with two attached hydrogens (primary N) is 1. The highest BCUT2D eigenvalue weighted by molar-refractivity contribution is 5.94. The zero-order valence-electron chi connectivity index (χ0n) is 17.1. The Labute approximate surface area is 183 Å². The van der Waals surface area contributed by atoms with Crippen LogP contribution in [0.2, 0.25) is 0 Å². The fourth-order valence-electron chi connectivity index (χ4n) is 3.46. The number of rotatable bonds is 8. The second kappa shape index (κ2) is 11.3. The Morgan fingerprint density at radius 3 is 2.32 bits per heavy atom. The molecule has 0 amide bonds. The van der Waals surface area contributed by atoms with Crippen molar-refractivity contribution in [2.75, 3.05) is 43.1 Å². The van der Waals surface area contributed by atoms with Crippen LogP contribution in [0, 0.1) is 11.2 Å². The van der Waals surface area contributed by atoms with Gasteiger partial charge in [0.2, 0.25) is 0 Å². The summed E-state index contributed by atoms with van der Waals surface area (Å²) < 4.78 is 25.2. The van der Waals surface area contributed by atoms with Crippen LogP contribution in [0.5, 0.6) is 0 Å². The predicted molar refractivity (Wildman–Crippen MR) is 121 cm³/mol. The summed E-state index contributed by atoms with van der Waals surface area (Å²) in [5.41, 5.74) is 8.26. The van der Waals surface area contributed by atoms with Crippen molar-refractivity contribution in [1.29, 1.82) is 5.41 Å². The van der Waals surface area contributed by atoms with Crippen molar-refractivity contribution in [3.63, 3.8) is 0 Å². The topological polar surface area (TPSA) is 91.9 Å². The van der Waals surface area contributed by atoms with Crippen LogP contribution < -0.4 is 15.5 Å². The number of esters is 1. The van der Waals surface area contributed by atoms with Crippen LogP contribution in [-0.2, 0) is 27.5 Å². The average Bonchev–Trinajstić information content (AvgIpc) is 2.73. The molecule has 168 valence electrons. The van der Waals surface area contributed by atoms with E-state index in [0.29, 0.717) is 30.9 Å². The Morgan fingerprint density at radius 1 is 1.06 bits per heavy atom. The van der Waals surface area contributed by atoms with Crippen molar-refractivity contribution < 1.29 is 18.7 Å². The summed E-state index contributed by atoms with van der Waals surface area (Å²) in [4.78, 5) is 15.8. The van der Waals surface area contributed by atoms with E-state index in [1.165, 1.54) is 0 Å². The molecule has 2 aromatic rings. The normalized spacial score (nSPS) is 13.5. The fraction of sp³-hybridized carbons (Fsp3) is 0.391. The number of piperazine rings is 1. The van der Waals surface area contributed by atoms with E-state index in [0.717, 1.165) is 24.3 Å². The van der Waals surface area contributed by atoms with Gasteiger partial charge in [0.25, 0.3) is 0 Å². The zero-order valence-corrected chi connectivity index (χ0v) is 17.1. The van der Waals surface area contributed by atoms with Crippen LogP contribution in [0.1, 0.15) is 25.0 Å². The molecular formula is C23H31FN4O3. The third-order valence-electron chi connectivity index (χ3n) is 5.01. The molecule has 7 nitrogen and oxygen atoms in total. The van der Waals surface area contributed by atoms with Crippen LogP contribution in [-0.4, -0.2) is 45.1 Å². The molecule has 1 aliphatic heterocycles. The van der Waals surface area contributed by atoms with E-state index in [4.69, 9.17) is 20.6 Å². The molecular weight excluding hydrogens is 399 g/mol. The van der Waals surface area contributed by atoms with Gasteiger partial charge in [-0.2, -0.15) is 0 Å². The first-order valence-corrected chi connectivity index (χ1v) is 9.81. The van der Waals surface area contributed by atoms with Crippen molar-refractivity contribution in [2.45, 2.75) is 27.1 Å². The summed E-state index contributed by atoms with van der Waals surface area (Å²) in [5.74, 6) is -1.30. The van der Waals surface area contributed by atoms with Gasteiger partial charge in [-0.15, -0.1) is 0 Å². The quantitative estimate of drug-likeness (QED) is 0.379. The third-order valence-corrected chi connectivity index (χ3v) is 5.01. The molecule has 3 rings (SSSR count). The van der Waals surface area contributed by atoms with Crippen molar-refractivity contribution in [1.82, 2.24) is 0 Å². The molecule has 1 fully saturated rings. The van der Waals surface area contributed by atoms with E-state index in [9.17, 15) is 9.18 Å². The van der Waals surface area contributed by atoms with Crippen molar-refractivity contribution in [3.05, 3.63) is 59.4 Å². The lowest BCUT2D eigenvalue weighted by Gasteiger charge is -2.37. The second-order valence-corrected chi connectivity index (χ2v) is 7.19. The summed E-state index contributed by atoms with van der Waals surface area (Å²) in [5, 5.41) is 7.11. The third kappa shape index (κ3) is 6.42. The van der Waals surface area contributed by atoms with E-state index in [2.05, 4.69) is 29.2 Å². The van der Waals surface area contributed by atoms with E-state index >= 15 is 0 Å². The van der Waals surface area contributed by atoms with Crippen LogP contribution in [0.3, 0.4) is 0 Å². The number of carbonyl (C=O) groups excluding carboxylic acids is 1. The Bertz CT molecular complexity index is 881. The molecule has 0 atom stereocenters. The van der Waals surface area contributed by atoms with Gasteiger partial charge in [-0.05, 0) is 23.8 Å². The summed E-state index contributed by atoms with van der Waals surface area (Å²) >= 11 is 0. The van der Waals surface area contributed by atoms with Gasteiger partial charge in [0.1, 0.15) is 18.9 Å². The number of ether oxygens (including phenoxy) is 2. The summed E-state index contributed by atoms with van der Waals surface area (Å²) in [6.07, 6.45) is -0.296.